The summed E-state index contributed by atoms with van der Waals surface area (Å²) in [5, 5.41) is 0.386. The summed E-state index contributed by atoms with van der Waals surface area (Å²) in [7, 11) is 0. The molecular formula is C17H14BrClO4. The first-order valence-corrected chi connectivity index (χ1v) is 8.07. The number of esters is 1. The molecule has 120 valence electrons. The number of aldehydes is 1. The molecule has 0 saturated heterocycles. The van der Waals surface area contributed by atoms with Gasteiger partial charge in [-0.1, -0.05) is 33.6 Å². The van der Waals surface area contributed by atoms with Crippen LogP contribution in [0.5, 0.6) is 11.5 Å². The molecular weight excluding hydrogens is 384 g/mol. The molecule has 0 amide bonds. The molecule has 2 aromatic rings. The summed E-state index contributed by atoms with van der Waals surface area (Å²) in [5.74, 6) is 0.440. The zero-order valence-corrected chi connectivity index (χ0v) is 14.7. The van der Waals surface area contributed by atoms with E-state index in [4.69, 9.17) is 21.1 Å². The molecule has 0 aliphatic heterocycles. The van der Waals surface area contributed by atoms with Crippen molar-refractivity contribution in [2.45, 2.75) is 13.3 Å². The number of benzene rings is 2. The van der Waals surface area contributed by atoms with Crippen molar-refractivity contribution in [3.63, 3.8) is 0 Å². The Labute approximate surface area is 147 Å². The fraction of sp³-hybridized carbons (Fsp3) is 0.176. The average Bonchev–Trinajstić information content (AvgIpc) is 2.52. The highest BCUT2D eigenvalue weighted by Crippen LogP contribution is 2.33. The molecule has 0 aliphatic carbocycles. The zero-order valence-electron chi connectivity index (χ0n) is 12.3. The van der Waals surface area contributed by atoms with E-state index in [-0.39, 0.29) is 12.4 Å². The lowest BCUT2D eigenvalue weighted by Crippen LogP contribution is -2.07. The van der Waals surface area contributed by atoms with Crippen LogP contribution in [0.15, 0.2) is 40.9 Å². The molecule has 2 aromatic carbocycles. The molecule has 0 heterocycles. The molecule has 0 N–H and O–H groups in total. The van der Waals surface area contributed by atoms with E-state index in [1.807, 2.05) is 0 Å². The maximum absolute atomic E-state index is 11.6. The van der Waals surface area contributed by atoms with Crippen molar-refractivity contribution in [3.8, 4) is 11.5 Å². The number of carbonyl (C=O) groups is 2. The highest BCUT2D eigenvalue weighted by Gasteiger charge is 2.11. The second-order valence-corrected chi connectivity index (χ2v) is 5.97. The van der Waals surface area contributed by atoms with Crippen LogP contribution >= 0.6 is 27.5 Å². The first kappa shape index (κ1) is 17.5. The largest absolute Gasteiger partial charge is 0.466 e. The average molecular weight is 398 g/mol. The van der Waals surface area contributed by atoms with Gasteiger partial charge in [-0.05, 0) is 42.8 Å². The maximum atomic E-state index is 11.6. The van der Waals surface area contributed by atoms with Crippen molar-refractivity contribution in [1.29, 1.82) is 0 Å². The molecule has 0 unspecified atom stereocenters. The van der Waals surface area contributed by atoms with E-state index in [1.165, 1.54) is 0 Å². The number of rotatable bonds is 6. The van der Waals surface area contributed by atoms with Crippen LogP contribution < -0.4 is 4.74 Å². The Hall–Kier alpha value is -1.85. The Morgan fingerprint density at radius 2 is 2.00 bits per heavy atom. The van der Waals surface area contributed by atoms with Crippen LogP contribution in [0.3, 0.4) is 0 Å². The quantitative estimate of drug-likeness (QED) is 0.518. The number of hydrogen-bond acceptors (Lipinski definition) is 4. The van der Waals surface area contributed by atoms with Crippen LogP contribution in [-0.4, -0.2) is 18.9 Å². The van der Waals surface area contributed by atoms with E-state index in [2.05, 4.69) is 15.9 Å². The first-order chi connectivity index (χ1) is 11.0. The van der Waals surface area contributed by atoms with Gasteiger partial charge in [0.1, 0.15) is 11.5 Å². The summed E-state index contributed by atoms with van der Waals surface area (Å²) >= 11 is 9.43. The standard InChI is InChI=1S/C17H14BrClO4/c1-2-22-17(21)8-11-3-5-14(19)16(7-11)23-15-6-4-13(18)9-12(15)10-20/h3-7,9-10H,2,8H2,1H3. The van der Waals surface area contributed by atoms with Crippen LogP contribution in [0.2, 0.25) is 5.02 Å². The number of halogens is 2. The van der Waals surface area contributed by atoms with Crippen molar-refractivity contribution in [3.05, 3.63) is 57.0 Å². The molecule has 0 radical (unpaired) electrons. The number of carbonyl (C=O) groups excluding carboxylic acids is 2. The Kier molecular flexibility index (Phi) is 6.19. The summed E-state index contributed by atoms with van der Waals surface area (Å²) in [5.41, 5.74) is 1.11. The highest BCUT2D eigenvalue weighted by molar-refractivity contribution is 9.10. The predicted octanol–water partition coefficient (Wildman–Crippen LogP) is 4.81. The third-order valence-corrected chi connectivity index (χ3v) is 3.77. The monoisotopic (exact) mass is 396 g/mol. The summed E-state index contributed by atoms with van der Waals surface area (Å²) in [4.78, 5) is 22.7. The zero-order chi connectivity index (χ0) is 16.8. The van der Waals surface area contributed by atoms with Crippen LogP contribution in [-0.2, 0) is 16.0 Å². The van der Waals surface area contributed by atoms with Gasteiger partial charge in [0.25, 0.3) is 0 Å². The molecule has 0 aliphatic rings. The minimum Gasteiger partial charge on any atom is -0.466 e. The normalized spacial score (nSPS) is 10.2. The minimum absolute atomic E-state index is 0.127. The van der Waals surface area contributed by atoms with Gasteiger partial charge in [-0.3, -0.25) is 9.59 Å². The Morgan fingerprint density at radius 3 is 2.70 bits per heavy atom. The van der Waals surface area contributed by atoms with E-state index in [9.17, 15) is 9.59 Å². The van der Waals surface area contributed by atoms with Crippen molar-refractivity contribution >= 4 is 39.8 Å². The Morgan fingerprint density at radius 1 is 1.22 bits per heavy atom. The second kappa shape index (κ2) is 8.13. The van der Waals surface area contributed by atoms with E-state index in [0.29, 0.717) is 40.5 Å². The first-order valence-electron chi connectivity index (χ1n) is 6.90. The minimum atomic E-state index is -0.321. The van der Waals surface area contributed by atoms with Crippen molar-refractivity contribution in [2.75, 3.05) is 6.61 Å². The second-order valence-electron chi connectivity index (χ2n) is 4.65. The van der Waals surface area contributed by atoms with Crippen molar-refractivity contribution < 1.29 is 19.1 Å². The number of ether oxygens (including phenoxy) is 2. The van der Waals surface area contributed by atoms with Gasteiger partial charge in [0.05, 0.1) is 23.6 Å². The van der Waals surface area contributed by atoms with E-state index in [1.54, 1.807) is 43.3 Å². The maximum Gasteiger partial charge on any atom is 0.310 e. The summed E-state index contributed by atoms with van der Waals surface area (Å²) < 4.78 is 11.4. The summed E-state index contributed by atoms with van der Waals surface area (Å²) in [6.07, 6.45) is 0.832. The third-order valence-electron chi connectivity index (χ3n) is 2.97. The predicted molar refractivity (Wildman–Crippen MR) is 91.4 cm³/mol. The van der Waals surface area contributed by atoms with Crippen LogP contribution in [0.25, 0.3) is 0 Å². The van der Waals surface area contributed by atoms with Crippen LogP contribution in [0.1, 0.15) is 22.8 Å². The van der Waals surface area contributed by atoms with Gasteiger partial charge >= 0.3 is 5.97 Å². The Bertz CT molecular complexity index is 731. The van der Waals surface area contributed by atoms with Crippen molar-refractivity contribution in [1.82, 2.24) is 0 Å². The summed E-state index contributed by atoms with van der Waals surface area (Å²) in [6, 6.07) is 10.1. The fourth-order valence-corrected chi connectivity index (χ4v) is 2.47. The van der Waals surface area contributed by atoms with Crippen molar-refractivity contribution in [2.24, 2.45) is 0 Å². The van der Waals surface area contributed by atoms with Crippen LogP contribution in [0, 0.1) is 0 Å². The molecule has 0 saturated carbocycles. The molecule has 2 rings (SSSR count). The molecule has 4 nitrogen and oxygen atoms in total. The van der Waals surface area contributed by atoms with E-state index in [0.717, 1.165) is 4.47 Å². The smallest absolute Gasteiger partial charge is 0.310 e. The molecule has 6 heteroatoms. The van der Waals surface area contributed by atoms with Gasteiger partial charge < -0.3 is 9.47 Å². The lowest BCUT2D eigenvalue weighted by molar-refractivity contribution is -0.142. The molecule has 0 fully saturated rings. The Balaban J connectivity index is 2.26. The lowest BCUT2D eigenvalue weighted by Gasteiger charge is -2.11. The molecule has 0 spiro atoms. The topological polar surface area (TPSA) is 52.6 Å². The van der Waals surface area contributed by atoms with E-state index < -0.39 is 0 Å². The van der Waals surface area contributed by atoms with Gasteiger partial charge in [-0.15, -0.1) is 0 Å². The molecule has 0 aromatic heterocycles. The lowest BCUT2D eigenvalue weighted by atomic mass is 10.1. The van der Waals surface area contributed by atoms with Crippen LogP contribution in [0.4, 0.5) is 0 Å². The molecule has 23 heavy (non-hydrogen) atoms. The summed E-state index contributed by atoms with van der Waals surface area (Å²) in [6.45, 7) is 2.08. The van der Waals surface area contributed by atoms with E-state index >= 15 is 0 Å². The van der Waals surface area contributed by atoms with Gasteiger partial charge in [-0.25, -0.2) is 0 Å². The fourth-order valence-electron chi connectivity index (χ4n) is 1.94. The van der Waals surface area contributed by atoms with Gasteiger partial charge in [-0.2, -0.15) is 0 Å². The number of hydrogen-bond donors (Lipinski definition) is 0. The highest BCUT2D eigenvalue weighted by atomic mass is 79.9. The van der Waals surface area contributed by atoms with Gasteiger partial charge in [0.15, 0.2) is 6.29 Å². The molecule has 0 atom stereocenters. The molecule has 0 bridgehead atoms. The van der Waals surface area contributed by atoms with Gasteiger partial charge in [0, 0.05) is 4.47 Å². The van der Waals surface area contributed by atoms with Gasteiger partial charge in [0.2, 0.25) is 0 Å². The SMILES string of the molecule is CCOC(=O)Cc1ccc(Cl)c(Oc2ccc(Br)cc2C=O)c1. The third kappa shape index (κ3) is 4.81.